The molecule has 0 radical (unpaired) electrons. The summed E-state index contributed by atoms with van der Waals surface area (Å²) in [7, 11) is 0. The molecule has 0 N–H and O–H groups in total. The molecule has 3 heterocycles. The van der Waals surface area contributed by atoms with E-state index < -0.39 is 0 Å². The Hall–Kier alpha value is -1.69. The van der Waals surface area contributed by atoms with Gasteiger partial charge in [-0.2, -0.15) is 4.98 Å². The van der Waals surface area contributed by atoms with Crippen molar-refractivity contribution in [3.8, 4) is 6.01 Å². The highest BCUT2D eigenvalue weighted by atomic mass is 16.5. The number of hydrogen-bond donors (Lipinski definition) is 0. The van der Waals surface area contributed by atoms with E-state index in [0.717, 1.165) is 36.5 Å². The topological polar surface area (TPSA) is 55.6 Å². The molecular formula is C24H39N5O. The van der Waals surface area contributed by atoms with E-state index in [1.54, 1.807) is 0 Å². The molecule has 166 valence electrons. The van der Waals surface area contributed by atoms with Gasteiger partial charge in [-0.05, 0) is 77.3 Å². The molecule has 2 aromatic rings. The van der Waals surface area contributed by atoms with E-state index in [2.05, 4.69) is 33.8 Å². The molecule has 1 aliphatic carbocycles. The molecule has 2 aliphatic rings. The van der Waals surface area contributed by atoms with Gasteiger partial charge in [0.2, 0.25) is 0 Å². The molecule has 0 amide bonds. The fraction of sp³-hybridized carbons (Fsp3) is 0.792. The Morgan fingerprint density at radius 2 is 1.87 bits per heavy atom. The van der Waals surface area contributed by atoms with Gasteiger partial charge in [0.25, 0.3) is 0 Å². The number of aryl methyl sites for hydroxylation is 1. The van der Waals surface area contributed by atoms with Crippen molar-refractivity contribution in [1.29, 1.82) is 0 Å². The predicted octanol–water partition coefficient (Wildman–Crippen LogP) is 4.83. The third-order valence-corrected chi connectivity index (χ3v) is 7.03. The lowest BCUT2D eigenvalue weighted by atomic mass is 9.87. The Kier molecular flexibility index (Phi) is 7.24. The minimum Gasteiger partial charge on any atom is -0.459 e. The molecule has 0 spiro atoms. The minimum absolute atomic E-state index is 0.132. The van der Waals surface area contributed by atoms with Crippen LogP contribution in [0.3, 0.4) is 0 Å². The molecule has 0 bridgehead atoms. The molecule has 30 heavy (non-hydrogen) atoms. The SMILES string of the molecule is CCCC(C)Oc1nc(C)c2ncc(CC3CCN(CC4CCCCC4)CC3)n2n1. The van der Waals surface area contributed by atoms with Crippen molar-refractivity contribution >= 4 is 5.65 Å². The molecule has 1 saturated heterocycles. The Morgan fingerprint density at radius 3 is 2.60 bits per heavy atom. The van der Waals surface area contributed by atoms with Crippen molar-refractivity contribution in [3.63, 3.8) is 0 Å². The average Bonchev–Trinajstić information content (AvgIpc) is 3.13. The van der Waals surface area contributed by atoms with Gasteiger partial charge in [0, 0.05) is 6.54 Å². The van der Waals surface area contributed by atoms with Crippen LogP contribution < -0.4 is 4.74 Å². The van der Waals surface area contributed by atoms with Crippen molar-refractivity contribution in [2.45, 2.75) is 91.1 Å². The van der Waals surface area contributed by atoms with Crippen LogP contribution in [0.15, 0.2) is 6.20 Å². The predicted molar refractivity (Wildman–Crippen MR) is 120 cm³/mol. The molecule has 1 aliphatic heterocycles. The summed E-state index contributed by atoms with van der Waals surface area (Å²) in [6.07, 6.45) is 15.1. The number of aromatic nitrogens is 4. The molecule has 6 heteroatoms. The first-order chi connectivity index (χ1) is 14.6. The number of piperidine rings is 1. The van der Waals surface area contributed by atoms with Crippen LogP contribution in [0.1, 0.15) is 83.0 Å². The highest BCUT2D eigenvalue weighted by molar-refractivity contribution is 5.43. The first-order valence-corrected chi connectivity index (χ1v) is 12.2. The van der Waals surface area contributed by atoms with E-state index in [0.29, 0.717) is 11.9 Å². The van der Waals surface area contributed by atoms with Crippen LogP contribution in [-0.4, -0.2) is 50.2 Å². The van der Waals surface area contributed by atoms with Gasteiger partial charge < -0.3 is 9.64 Å². The first-order valence-electron chi connectivity index (χ1n) is 12.2. The summed E-state index contributed by atoms with van der Waals surface area (Å²) in [5.41, 5.74) is 2.93. The lowest BCUT2D eigenvalue weighted by molar-refractivity contribution is 0.145. The third-order valence-electron chi connectivity index (χ3n) is 7.03. The number of hydrogen-bond acceptors (Lipinski definition) is 5. The minimum atomic E-state index is 0.132. The van der Waals surface area contributed by atoms with Crippen molar-refractivity contribution < 1.29 is 4.74 Å². The second-order valence-electron chi connectivity index (χ2n) is 9.63. The molecule has 1 unspecified atom stereocenters. The monoisotopic (exact) mass is 413 g/mol. The number of imidazole rings is 1. The van der Waals surface area contributed by atoms with Gasteiger partial charge in [0.15, 0.2) is 5.65 Å². The second kappa shape index (κ2) is 10.1. The molecule has 2 fully saturated rings. The zero-order chi connectivity index (χ0) is 20.9. The summed E-state index contributed by atoms with van der Waals surface area (Å²) in [6.45, 7) is 10.1. The van der Waals surface area contributed by atoms with Gasteiger partial charge in [0.1, 0.15) is 0 Å². The number of rotatable bonds is 8. The molecular weight excluding hydrogens is 374 g/mol. The van der Waals surface area contributed by atoms with Gasteiger partial charge in [-0.1, -0.05) is 32.6 Å². The van der Waals surface area contributed by atoms with Gasteiger partial charge in [-0.3, -0.25) is 0 Å². The van der Waals surface area contributed by atoms with E-state index >= 15 is 0 Å². The molecule has 2 aromatic heterocycles. The summed E-state index contributed by atoms with van der Waals surface area (Å²) >= 11 is 0. The maximum atomic E-state index is 5.97. The summed E-state index contributed by atoms with van der Waals surface area (Å²) in [6, 6.07) is 0.475. The maximum absolute atomic E-state index is 5.97. The number of ether oxygens (including phenoxy) is 1. The van der Waals surface area contributed by atoms with Crippen LogP contribution in [0.2, 0.25) is 0 Å². The molecule has 4 rings (SSSR count). The van der Waals surface area contributed by atoms with Crippen LogP contribution in [0.5, 0.6) is 6.01 Å². The molecule has 1 saturated carbocycles. The molecule has 1 atom stereocenters. The maximum Gasteiger partial charge on any atom is 0.334 e. The average molecular weight is 414 g/mol. The van der Waals surface area contributed by atoms with Crippen LogP contribution in [0.25, 0.3) is 5.65 Å². The number of likely N-dealkylation sites (tertiary alicyclic amines) is 1. The Labute approximate surface area is 181 Å². The highest BCUT2D eigenvalue weighted by Crippen LogP contribution is 2.28. The number of fused-ring (bicyclic) bond motifs is 1. The Morgan fingerprint density at radius 1 is 1.10 bits per heavy atom. The van der Waals surface area contributed by atoms with Crippen LogP contribution in [0.4, 0.5) is 0 Å². The zero-order valence-corrected chi connectivity index (χ0v) is 19.1. The molecule has 6 nitrogen and oxygen atoms in total. The lowest BCUT2D eigenvalue weighted by Gasteiger charge is -2.35. The van der Waals surface area contributed by atoms with Crippen LogP contribution in [-0.2, 0) is 6.42 Å². The number of nitrogens with zero attached hydrogens (tertiary/aromatic N) is 5. The van der Waals surface area contributed by atoms with Gasteiger partial charge in [-0.25, -0.2) is 9.50 Å². The van der Waals surface area contributed by atoms with Crippen molar-refractivity contribution in [1.82, 2.24) is 24.5 Å². The largest absolute Gasteiger partial charge is 0.459 e. The second-order valence-corrected chi connectivity index (χ2v) is 9.63. The van der Waals surface area contributed by atoms with E-state index in [1.807, 2.05) is 17.6 Å². The Bertz CT molecular complexity index is 805. The summed E-state index contributed by atoms with van der Waals surface area (Å²) in [5.74, 6) is 1.66. The van der Waals surface area contributed by atoms with Gasteiger partial charge in [0.05, 0.1) is 23.7 Å². The van der Waals surface area contributed by atoms with E-state index in [9.17, 15) is 0 Å². The zero-order valence-electron chi connectivity index (χ0n) is 19.1. The van der Waals surface area contributed by atoms with E-state index in [-0.39, 0.29) is 6.10 Å². The first kappa shape index (κ1) is 21.5. The summed E-state index contributed by atoms with van der Waals surface area (Å²) in [4.78, 5) is 11.8. The summed E-state index contributed by atoms with van der Waals surface area (Å²) < 4.78 is 7.94. The van der Waals surface area contributed by atoms with Crippen molar-refractivity contribution in [3.05, 3.63) is 17.6 Å². The fourth-order valence-electron chi connectivity index (χ4n) is 5.28. The van der Waals surface area contributed by atoms with Gasteiger partial charge >= 0.3 is 6.01 Å². The van der Waals surface area contributed by atoms with E-state index in [4.69, 9.17) is 4.74 Å². The Balaban J connectivity index is 1.36. The smallest absolute Gasteiger partial charge is 0.334 e. The van der Waals surface area contributed by atoms with Crippen molar-refractivity contribution in [2.75, 3.05) is 19.6 Å². The van der Waals surface area contributed by atoms with E-state index in [1.165, 1.54) is 70.3 Å². The third kappa shape index (κ3) is 5.32. The van der Waals surface area contributed by atoms with Crippen LogP contribution >= 0.6 is 0 Å². The highest BCUT2D eigenvalue weighted by Gasteiger charge is 2.24. The lowest BCUT2D eigenvalue weighted by Crippen LogP contribution is -2.38. The summed E-state index contributed by atoms with van der Waals surface area (Å²) in [5, 5.41) is 4.69. The molecule has 0 aromatic carbocycles. The standard InChI is InChI=1S/C24H39N5O/c1-4-8-18(2)30-24-26-19(3)23-25-16-22(29(23)27-24)15-20-11-13-28(14-12-20)17-21-9-6-5-7-10-21/h16,18,20-21H,4-15,17H2,1-3H3. The van der Waals surface area contributed by atoms with Gasteiger partial charge in [-0.15, -0.1) is 5.10 Å². The van der Waals surface area contributed by atoms with Crippen LogP contribution in [0, 0.1) is 18.8 Å². The van der Waals surface area contributed by atoms with Crippen molar-refractivity contribution in [2.24, 2.45) is 11.8 Å². The quantitative estimate of drug-likeness (QED) is 0.620. The normalized spacial score (nSPS) is 20.6. The fourth-order valence-corrected chi connectivity index (χ4v) is 5.28.